The summed E-state index contributed by atoms with van der Waals surface area (Å²) in [6.45, 7) is 4.99. The fourth-order valence-electron chi connectivity index (χ4n) is 4.11. The van der Waals surface area contributed by atoms with E-state index in [1.165, 1.54) is 20.8 Å². The van der Waals surface area contributed by atoms with Crippen molar-refractivity contribution in [3.8, 4) is 0 Å². The Morgan fingerprint density at radius 2 is 0.842 bits per heavy atom. The molecule has 326 valence electrons. The number of esters is 6. The summed E-state index contributed by atoms with van der Waals surface area (Å²) in [6.07, 6.45) is 0.760. The van der Waals surface area contributed by atoms with Gasteiger partial charge in [-0.2, -0.15) is 0 Å². The molecule has 0 aliphatic heterocycles. The van der Waals surface area contributed by atoms with Crippen molar-refractivity contribution in [1.82, 2.24) is 20.4 Å². The van der Waals surface area contributed by atoms with E-state index in [1.54, 1.807) is 9.80 Å². The summed E-state index contributed by atoms with van der Waals surface area (Å²) < 4.78 is 44.8. The van der Waals surface area contributed by atoms with Crippen LogP contribution in [-0.2, 0) is 81.0 Å². The maximum Gasteiger partial charge on any atom is 0.407 e. The summed E-state index contributed by atoms with van der Waals surface area (Å²) in [6, 6.07) is 0. The highest BCUT2D eigenvalue weighted by molar-refractivity contribution is 5.78. The molecular weight excluding hydrogens is 764 g/mol. The molecule has 0 saturated heterocycles. The molecule has 0 radical (unpaired) electrons. The second-order valence-corrected chi connectivity index (χ2v) is 11.9. The van der Waals surface area contributed by atoms with Gasteiger partial charge >= 0.3 is 41.9 Å². The Bertz CT molecular complexity index is 1250. The van der Waals surface area contributed by atoms with Crippen molar-refractivity contribution in [1.29, 1.82) is 0 Å². The molecule has 0 aromatic heterocycles. The minimum atomic E-state index is -0.763. The predicted octanol–water partition coefficient (Wildman–Crippen LogP) is -1.46. The van der Waals surface area contributed by atoms with Crippen LogP contribution in [0, 0.1) is 0 Å². The number of carbonyl (C=O) groups excluding carboxylic acids is 9. The van der Waals surface area contributed by atoms with Crippen molar-refractivity contribution < 1.29 is 85.8 Å². The van der Waals surface area contributed by atoms with Gasteiger partial charge in [-0.1, -0.05) is 6.92 Å². The molecule has 0 heterocycles. The predicted molar refractivity (Wildman–Crippen MR) is 194 cm³/mol. The van der Waals surface area contributed by atoms with Gasteiger partial charge in [0, 0.05) is 53.1 Å². The lowest BCUT2D eigenvalue weighted by atomic mass is 10.4. The summed E-state index contributed by atoms with van der Waals surface area (Å²) >= 11 is 0. The minimum Gasteiger partial charge on any atom is -0.465 e. The molecule has 0 aromatic rings. The average Bonchev–Trinajstić information content (AvgIpc) is 3.13. The largest absolute Gasteiger partial charge is 0.465 e. The summed E-state index contributed by atoms with van der Waals surface area (Å²) in [5.74, 6) is -4.42. The van der Waals surface area contributed by atoms with Crippen molar-refractivity contribution in [2.75, 3.05) is 125 Å². The van der Waals surface area contributed by atoms with Gasteiger partial charge in [0.15, 0.2) is 0 Å². The first kappa shape index (κ1) is 52.1. The molecule has 0 saturated carbocycles. The highest BCUT2D eigenvalue weighted by atomic mass is 16.6. The van der Waals surface area contributed by atoms with Crippen LogP contribution in [0.5, 0.6) is 0 Å². The molecular formula is C35H58N4O18. The lowest BCUT2D eigenvalue weighted by molar-refractivity contribution is -0.157. The number of carbonyl (C=O) groups is 9. The first-order chi connectivity index (χ1) is 27.2. The van der Waals surface area contributed by atoms with Crippen LogP contribution in [0.3, 0.4) is 0 Å². The van der Waals surface area contributed by atoms with Gasteiger partial charge < -0.3 is 53.3 Å². The van der Waals surface area contributed by atoms with Gasteiger partial charge in [0.25, 0.3) is 0 Å². The molecule has 0 aromatic carbocycles. The number of ether oxygens (including phenoxy) is 9. The van der Waals surface area contributed by atoms with Crippen LogP contribution < -0.4 is 10.6 Å². The molecule has 2 N–H and O–H groups in total. The van der Waals surface area contributed by atoms with Crippen LogP contribution in [0.25, 0.3) is 0 Å². The number of hydrogen-bond acceptors (Lipinski definition) is 20. The zero-order valence-corrected chi connectivity index (χ0v) is 33.3. The number of hydrogen-bond donors (Lipinski definition) is 2. The summed E-state index contributed by atoms with van der Waals surface area (Å²) in [4.78, 5) is 108. The molecule has 0 fully saturated rings. The third-order valence-corrected chi connectivity index (χ3v) is 6.66. The Morgan fingerprint density at radius 1 is 0.456 bits per heavy atom. The molecule has 0 aliphatic carbocycles. The highest BCUT2D eigenvalue weighted by Gasteiger charge is 2.15. The maximum absolute atomic E-state index is 12.5. The molecule has 2 amide bonds. The average molecular weight is 823 g/mol. The monoisotopic (exact) mass is 822 g/mol. The van der Waals surface area contributed by atoms with Gasteiger partial charge in [0.2, 0.25) is 5.91 Å². The standard InChI is InChI=1S/C35H58N4O18/c1-5-14-57-35(48)37-9-7-16-54-32(45)24-50-26-34(47)56-20-13-39(11-18-52-29(4)42)22-30(43)36-8-6-15-53-31(44)23-49-25-33(46)55-19-12-38(21-27(2)40)10-17-51-28(3)41/h5-26H2,1-4H3,(H,36,43)(H,37,48). The zero-order chi connectivity index (χ0) is 42.7. The molecule has 0 aliphatic rings. The fourth-order valence-corrected chi connectivity index (χ4v) is 4.11. The normalized spacial score (nSPS) is 10.6. The Morgan fingerprint density at radius 3 is 1.25 bits per heavy atom. The minimum absolute atomic E-state index is 0.0186. The van der Waals surface area contributed by atoms with E-state index in [-0.39, 0.29) is 104 Å². The van der Waals surface area contributed by atoms with E-state index in [1.807, 2.05) is 6.92 Å². The lowest BCUT2D eigenvalue weighted by Gasteiger charge is -2.21. The summed E-state index contributed by atoms with van der Waals surface area (Å²) in [5.41, 5.74) is 0. The molecule has 0 unspecified atom stereocenters. The molecule has 0 spiro atoms. The van der Waals surface area contributed by atoms with Gasteiger partial charge in [-0.05, 0) is 26.2 Å². The zero-order valence-electron chi connectivity index (χ0n) is 33.3. The van der Waals surface area contributed by atoms with Crippen molar-refractivity contribution in [2.45, 2.75) is 47.0 Å². The molecule has 57 heavy (non-hydrogen) atoms. The van der Waals surface area contributed by atoms with Crippen LogP contribution in [0.1, 0.15) is 47.0 Å². The van der Waals surface area contributed by atoms with Crippen LogP contribution >= 0.6 is 0 Å². The smallest absolute Gasteiger partial charge is 0.407 e. The Labute approximate surface area is 331 Å². The molecule has 22 heteroatoms. The molecule has 22 nitrogen and oxygen atoms in total. The van der Waals surface area contributed by atoms with E-state index >= 15 is 0 Å². The van der Waals surface area contributed by atoms with Gasteiger partial charge in [-0.25, -0.2) is 24.0 Å². The van der Waals surface area contributed by atoms with Crippen molar-refractivity contribution in [3.63, 3.8) is 0 Å². The fraction of sp³-hybridized carbons (Fsp3) is 0.743. The van der Waals surface area contributed by atoms with E-state index in [0.717, 1.165) is 0 Å². The molecule has 0 bridgehead atoms. The van der Waals surface area contributed by atoms with Crippen molar-refractivity contribution in [3.05, 3.63) is 0 Å². The quantitative estimate of drug-likeness (QED) is 0.0427. The first-order valence-corrected chi connectivity index (χ1v) is 18.4. The Kier molecular flexibility index (Phi) is 31.4. The lowest BCUT2D eigenvalue weighted by Crippen LogP contribution is -2.41. The van der Waals surface area contributed by atoms with Gasteiger partial charge in [-0.15, -0.1) is 0 Å². The van der Waals surface area contributed by atoms with Crippen LogP contribution in [0.2, 0.25) is 0 Å². The second kappa shape index (κ2) is 34.3. The second-order valence-electron chi connectivity index (χ2n) is 11.9. The Balaban J connectivity index is 4.24. The Hall–Kier alpha value is -4.93. The number of alkyl carbamates (subject to hydrolysis) is 1. The number of Topliss-reactive ketones (excluding diaryl/α,β-unsaturated/α-hetero) is 1. The van der Waals surface area contributed by atoms with Crippen LogP contribution in [-0.4, -0.2) is 188 Å². The number of nitrogens with zero attached hydrogens (tertiary/aromatic N) is 2. The van der Waals surface area contributed by atoms with Crippen molar-refractivity contribution >= 4 is 53.6 Å². The van der Waals surface area contributed by atoms with Gasteiger partial charge in [0.05, 0.1) is 32.9 Å². The van der Waals surface area contributed by atoms with E-state index in [9.17, 15) is 43.2 Å². The number of rotatable bonds is 34. The number of ketones is 1. The summed E-state index contributed by atoms with van der Waals surface area (Å²) in [5, 5.41) is 5.16. The van der Waals surface area contributed by atoms with Crippen LogP contribution in [0.4, 0.5) is 4.79 Å². The van der Waals surface area contributed by atoms with Gasteiger partial charge in [-0.3, -0.25) is 29.0 Å². The number of nitrogens with one attached hydrogen (secondary N) is 2. The molecule has 0 rings (SSSR count). The third-order valence-electron chi connectivity index (χ3n) is 6.66. The number of amides is 2. The SMILES string of the molecule is CCCOC(=O)NCCCOC(=O)COCC(=O)OCCN(CCOC(C)=O)CC(=O)NCCCOC(=O)COCC(=O)OCCN(CCOC(C)=O)CC(C)=O. The van der Waals surface area contributed by atoms with E-state index in [0.29, 0.717) is 19.4 Å². The third kappa shape index (κ3) is 35.2. The molecule has 0 atom stereocenters. The van der Waals surface area contributed by atoms with E-state index in [2.05, 4.69) is 10.6 Å². The highest BCUT2D eigenvalue weighted by Crippen LogP contribution is 1.96. The summed E-state index contributed by atoms with van der Waals surface area (Å²) in [7, 11) is 0. The van der Waals surface area contributed by atoms with Crippen molar-refractivity contribution in [2.24, 2.45) is 0 Å². The van der Waals surface area contributed by atoms with E-state index < -0.39 is 74.2 Å². The maximum atomic E-state index is 12.5. The van der Waals surface area contributed by atoms with E-state index in [4.69, 9.17) is 42.6 Å². The topological polar surface area (TPSA) is 267 Å². The first-order valence-electron chi connectivity index (χ1n) is 18.4. The van der Waals surface area contributed by atoms with Crippen LogP contribution in [0.15, 0.2) is 0 Å². The van der Waals surface area contributed by atoms with Gasteiger partial charge in [0.1, 0.15) is 58.6 Å².